The lowest BCUT2D eigenvalue weighted by Crippen LogP contribution is -2.21. The van der Waals surface area contributed by atoms with Crippen LogP contribution in [0, 0.1) is 0 Å². The monoisotopic (exact) mass is 191 g/mol. The van der Waals surface area contributed by atoms with E-state index in [9.17, 15) is 22.8 Å². The normalized spacial score (nSPS) is 11.3. The van der Waals surface area contributed by atoms with Crippen molar-refractivity contribution in [3.05, 3.63) is 33.7 Å². The van der Waals surface area contributed by atoms with Gasteiger partial charge in [0.1, 0.15) is 5.56 Å². The van der Waals surface area contributed by atoms with Crippen LogP contribution in [-0.2, 0) is 6.18 Å². The van der Waals surface area contributed by atoms with Gasteiger partial charge in [-0.05, 0) is 6.07 Å². The summed E-state index contributed by atoms with van der Waals surface area (Å²) in [6.07, 6.45) is -3.58. The Hall–Kier alpha value is -1.59. The van der Waals surface area contributed by atoms with Crippen molar-refractivity contribution in [2.45, 2.75) is 6.18 Å². The van der Waals surface area contributed by atoms with Gasteiger partial charge in [0, 0.05) is 11.8 Å². The van der Waals surface area contributed by atoms with E-state index in [1.807, 2.05) is 4.98 Å². The molecule has 0 saturated carbocycles. The molecular weight excluding hydrogens is 187 g/mol. The molecule has 70 valence electrons. The number of carbonyl (C=O) groups is 1. The molecule has 0 bridgehead atoms. The number of hydrogen-bond acceptors (Lipinski definition) is 2. The minimum Gasteiger partial charge on any atom is -0.328 e. The summed E-state index contributed by atoms with van der Waals surface area (Å²) in [5, 5.41) is 0. The molecule has 0 saturated heterocycles. The fourth-order valence-electron chi connectivity index (χ4n) is 0.779. The maximum absolute atomic E-state index is 12.0. The van der Waals surface area contributed by atoms with Gasteiger partial charge in [0.25, 0.3) is 5.56 Å². The molecule has 0 aromatic carbocycles. The van der Waals surface area contributed by atoms with Crippen LogP contribution >= 0.6 is 0 Å². The Labute approximate surface area is 70.2 Å². The third-order valence-corrected chi connectivity index (χ3v) is 1.37. The lowest BCUT2D eigenvalue weighted by atomic mass is 10.2. The smallest absolute Gasteiger partial charge is 0.328 e. The first-order valence-corrected chi connectivity index (χ1v) is 3.20. The summed E-state index contributed by atoms with van der Waals surface area (Å²) < 4.78 is 36.1. The molecule has 0 spiro atoms. The summed E-state index contributed by atoms with van der Waals surface area (Å²) in [5.74, 6) is 0. The van der Waals surface area contributed by atoms with Crippen molar-refractivity contribution in [1.29, 1.82) is 0 Å². The molecule has 0 radical (unpaired) electrons. The summed E-state index contributed by atoms with van der Waals surface area (Å²) in [6.45, 7) is 0. The van der Waals surface area contributed by atoms with E-state index in [0.717, 1.165) is 6.20 Å². The maximum atomic E-state index is 12.0. The first-order chi connectivity index (χ1) is 5.95. The van der Waals surface area contributed by atoms with Crippen LogP contribution in [0.25, 0.3) is 0 Å². The number of aromatic nitrogens is 1. The molecule has 0 atom stereocenters. The number of nitrogens with one attached hydrogen (secondary N) is 1. The number of H-pyrrole nitrogens is 1. The average molecular weight is 191 g/mol. The standard InChI is InChI=1S/C7H4F3NO2/c8-7(9,10)5-1-4(3-12)2-11-6(5)13/h1-3H,(H,11,13). The number of rotatable bonds is 1. The van der Waals surface area contributed by atoms with E-state index in [1.54, 1.807) is 0 Å². The highest BCUT2D eigenvalue weighted by atomic mass is 19.4. The van der Waals surface area contributed by atoms with Crippen molar-refractivity contribution in [1.82, 2.24) is 4.98 Å². The van der Waals surface area contributed by atoms with Gasteiger partial charge in [-0.15, -0.1) is 0 Å². The lowest BCUT2D eigenvalue weighted by Gasteiger charge is -2.04. The van der Waals surface area contributed by atoms with Crippen molar-refractivity contribution in [2.24, 2.45) is 0 Å². The van der Waals surface area contributed by atoms with Crippen LogP contribution in [0.4, 0.5) is 13.2 Å². The molecule has 0 unspecified atom stereocenters. The van der Waals surface area contributed by atoms with Crippen molar-refractivity contribution in [3.63, 3.8) is 0 Å². The van der Waals surface area contributed by atoms with E-state index >= 15 is 0 Å². The van der Waals surface area contributed by atoms with Gasteiger partial charge in [-0.1, -0.05) is 0 Å². The Morgan fingerprint density at radius 2 is 2.00 bits per heavy atom. The fraction of sp³-hybridized carbons (Fsp3) is 0.143. The second-order valence-corrected chi connectivity index (χ2v) is 2.29. The first kappa shape index (κ1) is 9.50. The molecule has 13 heavy (non-hydrogen) atoms. The quantitative estimate of drug-likeness (QED) is 0.678. The van der Waals surface area contributed by atoms with Crippen LogP contribution in [0.5, 0.6) is 0 Å². The number of carbonyl (C=O) groups excluding carboxylic acids is 1. The van der Waals surface area contributed by atoms with Crippen LogP contribution < -0.4 is 5.56 Å². The summed E-state index contributed by atoms with van der Waals surface area (Å²) in [6, 6.07) is 0.506. The average Bonchev–Trinajstić information content (AvgIpc) is 2.03. The van der Waals surface area contributed by atoms with Gasteiger partial charge in [0.2, 0.25) is 0 Å². The van der Waals surface area contributed by atoms with Crippen LogP contribution in [0.15, 0.2) is 17.1 Å². The zero-order chi connectivity index (χ0) is 10.1. The van der Waals surface area contributed by atoms with E-state index in [4.69, 9.17) is 0 Å². The number of halogens is 3. The molecule has 1 rings (SSSR count). The van der Waals surface area contributed by atoms with Gasteiger partial charge in [0.15, 0.2) is 6.29 Å². The Kier molecular flexibility index (Phi) is 2.22. The zero-order valence-electron chi connectivity index (χ0n) is 6.18. The molecule has 1 heterocycles. The number of hydrogen-bond donors (Lipinski definition) is 1. The molecule has 0 aliphatic heterocycles. The maximum Gasteiger partial charge on any atom is 0.421 e. The second-order valence-electron chi connectivity index (χ2n) is 2.29. The molecular formula is C7H4F3NO2. The summed E-state index contributed by atoms with van der Waals surface area (Å²) in [4.78, 5) is 22.6. The first-order valence-electron chi connectivity index (χ1n) is 3.20. The zero-order valence-corrected chi connectivity index (χ0v) is 6.18. The van der Waals surface area contributed by atoms with Gasteiger partial charge in [-0.3, -0.25) is 9.59 Å². The highest BCUT2D eigenvalue weighted by Gasteiger charge is 2.33. The van der Waals surface area contributed by atoms with Crippen LogP contribution in [0.3, 0.4) is 0 Å². The SMILES string of the molecule is O=Cc1c[nH]c(=O)c(C(F)(F)F)c1. The van der Waals surface area contributed by atoms with Crippen LogP contribution in [0.2, 0.25) is 0 Å². The predicted octanol–water partition coefficient (Wildman–Crippen LogP) is 1.21. The molecule has 3 nitrogen and oxygen atoms in total. The van der Waals surface area contributed by atoms with Crippen molar-refractivity contribution in [2.75, 3.05) is 0 Å². The van der Waals surface area contributed by atoms with E-state index in [-0.39, 0.29) is 11.8 Å². The van der Waals surface area contributed by atoms with Crippen molar-refractivity contribution in [3.8, 4) is 0 Å². The lowest BCUT2D eigenvalue weighted by molar-refractivity contribution is -0.138. The largest absolute Gasteiger partial charge is 0.421 e. The molecule has 0 fully saturated rings. The molecule has 0 aliphatic rings. The molecule has 0 aliphatic carbocycles. The van der Waals surface area contributed by atoms with Crippen molar-refractivity contribution >= 4 is 6.29 Å². The fourth-order valence-corrected chi connectivity index (χ4v) is 0.779. The highest BCUT2D eigenvalue weighted by Crippen LogP contribution is 2.26. The number of aldehydes is 1. The molecule has 6 heteroatoms. The Morgan fingerprint density at radius 3 is 2.46 bits per heavy atom. The summed E-state index contributed by atoms with van der Waals surface area (Å²) >= 11 is 0. The summed E-state index contributed by atoms with van der Waals surface area (Å²) in [5.41, 5.74) is -2.83. The predicted molar refractivity (Wildman–Crippen MR) is 37.5 cm³/mol. The van der Waals surface area contributed by atoms with Crippen LogP contribution in [0.1, 0.15) is 15.9 Å². The van der Waals surface area contributed by atoms with Gasteiger partial charge in [-0.25, -0.2) is 0 Å². The molecule has 1 aromatic heterocycles. The minimum absolute atomic E-state index is 0.216. The molecule has 0 amide bonds. The third-order valence-electron chi connectivity index (χ3n) is 1.37. The van der Waals surface area contributed by atoms with Gasteiger partial charge in [0.05, 0.1) is 0 Å². The Balaban J connectivity index is 3.36. The van der Waals surface area contributed by atoms with E-state index in [1.165, 1.54) is 0 Å². The topological polar surface area (TPSA) is 49.9 Å². The van der Waals surface area contributed by atoms with Gasteiger partial charge in [-0.2, -0.15) is 13.2 Å². The van der Waals surface area contributed by atoms with E-state index in [0.29, 0.717) is 6.07 Å². The highest BCUT2D eigenvalue weighted by molar-refractivity contribution is 5.74. The molecule has 1 N–H and O–H groups in total. The van der Waals surface area contributed by atoms with E-state index in [2.05, 4.69) is 0 Å². The van der Waals surface area contributed by atoms with Gasteiger partial charge >= 0.3 is 6.18 Å². The minimum atomic E-state index is -4.73. The second kappa shape index (κ2) is 3.04. The van der Waals surface area contributed by atoms with Crippen LogP contribution in [-0.4, -0.2) is 11.3 Å². The van der Waals surface area contributed by atoms with E-state index < -0.39 is 17.3 Å². The van der Waals surface area contributed by atoms with Crippen molar-refractivity contribution < 1.29 is 18.0 Å². The number of alkyl halides is 3. The molecule has 1 aromatic rings. The Bertz CT molecular complexity index is 380. The number of pyridine rings is 1. The Morgan fingerprint density at radius 1 is 1.38 bits per heavy atom. The summed E-state index contributed by atoms with van der Waals surface area (Å²) in [7, 11) is 0. The number of aromatic amines is 1. The third kappa shape index (κ3) is 1.95. The van der Waals surface area contributed by atoms with Gasteiger partial charge < -0.3 is 4.98 Å².